The molecule has 108 valence electrons. The third kappa shape index (κ3) is 3.69. The summed E-state index contributed by atoms with van der Waals surface area (Å²) in [5, 5.41) is 22.5. The van der Waals surface area contributed by atoms with E-state index in [4.69, 9.17) is 4.74 Å². The Bertz CT molecular complexity index is 369. The molecule has 0 bridgehead atoms. The molecule has 0 radical (unpaired) electrons. The smallest absolute Gasteiger partial charge is 0.123 e. The lowest BCUT2D eigenvalue weighted by molar-refractivity contribution is 0.0765. The second-order valence-corrected chi connectivity index (χ2v) is 4.80. The summed E-state index contributed by atoms with van der Waals surface area (Å²) in [6, 6.07) is 7.87. The number of ether oxygens (including phenoxy) is 1. The highest BCUT2D eigenvalue weighted by atomic mass is 16.5. The van der Waals surface area contributed by atoms with E-state index in [0.29, 0.717) is 6.42 Å². The number of methoxy groups -OCH3 is 1. The molecule has 4 nitrogen and oxygen atoms in total. The molecule has 0 saturated carbocycles. The van der Waals surface area contributed by atoms with Crippen LogP contribution in [0.1, 0.15) is 38.3 Å². The first-order chi connectivity index (χ1) is 9.16. The highest BCUT2D eigenvalue weighted by molar-refractivity contribution is 5.36. The summed E-state index contributed by atoms with van der Waals surface area (Å²) in [4.78, 5) is 0. The van der Waals surface area contributed by atoms with Crippen molar-refractivity contribution >= 4 is 0 Å². The molecule has 0 fully saturated rings. The van der Waals surface area contributed by atoms with Gasteiger partial charge >= 0.3 is 0 Å². The van der Waals surface area contributed by atoms with Crippen LogP contribution in [0.15, 0.2) is 24.3 Å². The molecule has 1 aromatic rings. The Morgan fingerprint density at radius 3 is 2.32 bits per heavy atom. The Balaban J connectivity index is 3.00. The highest BCUT2D eigenvalue weighted by Gasteiger charge is 2.30. The number of rotatable bonds is 8. The van der Waals surface area contributed by atoms with Crippen molar-refractivity contribution in [3.05, 3.63) is 29.8 Å². The number of hydrogen-bond donors (Lipinski definition) is 3. The Kier molecular flexibility index (Phi) is 6.28. The molecule has 0 aliphatic carbocycles. The fraction of sp³-hybridized carbons (Fsp3) is 0.600. The van der Waals surface area contributed by atoms with Gasteiger partial charge in [-0.15, -0.1) is 0 Å². The fourth-order valence-electron chi connectivity index (χ4n) is 2.19. The molecule has 1 rings (SSSR count). The first kappa shape index (κ1) is 16.0. The summed E-state index contributed by atoms with van der Waals surface area (Å²) in [5.41, 5.74) is 0.397. The van der Waals surface area contributed by atoms with Crippen molar-refractivity contribution in [2.24, 2.45) is 0 Å². The molecular weight excluding hydrogens is 242 g/mol. The molecule has 1 unspecified atom stereocenters. The molecule has 3 N–H and O–H groups in total. The van der Waals surface area contributed by atoms with Crippen molar-refractivity contribution < 1.29 is 14.9 Å². The molecule has 1 atom stereocenters. The molecule has 19 heavy (non-hydrogen) atoms. The zero-order valence-electron chi connectivity index (χ0n) is 12.0. The summed E-state index contributed by atoms with van der Waals surface area (Å²) in [5.74, 6) is 0.822. The highest BCUT2D eigenvalue weighted by Crippen LogP contribution is 2.29. The van der Waals surface area contributed by atoms with Crippen LogP contribution in [0.3, 0.4) is 0 Å². The Hall–Kier alpha value is -1.10. The largest absolute Gasteiger partial charge is 0.496 e. The van der Waals surface area contributed by atoms with E-state index in [1.165, 1.54) is 0 Å². The Labute approximate surface area is 115 Å². The summed E-state index contributed by atoms with van der Waals surface area (Å²) < 4.78 is 5.38. The van der Waals surface area contributed by atoms with Crippen LogP contribution in [0.4, 0.5) is 0 Å². The second-order valence-electron chi connectivity index (χ2n) is 4.80. The first-order valence-electron chi connectivity index (χ1n) is 6.78. The van der Waals surface area contributed by atoms with E-state index in [2.05, 4.69) is 12.2 Å². The molecule has 0 amide bonds. The van der Waals surface area contributed by atoms with Crippen LogP contribution in [0.2, 0.25) is 0 Å². The lowest BCUT2D eigenvalue weighted by Crippen LogP contribution is -2.52. The first-order valence-corrected chi connectivity index (χ1v) is 6.78. The standard InChI is InChI=1S/C15H25NO3/c1-4-13(16-15(5-2,10-17)11-18)12-8-6-7-9-14(12)19-3/h6-9,13,16-18H,4-5,10-11H2,1-3H3. The quantitative estimate of drug-likeness (QED) is 0.673. The zero-order chi connectivity index (χ0) is 14.3. The van der Waals surface area contributed by atoms with Gasteiger partial charge in [0.05, 0.1) is 25.9 Å². The topological polar surface area (TPSA) is 61.7 Å². The van der Waals surface area contributed by atoms with Gasteiger partial charge in [-0.3, -0.25) is 0 Å². The fourth-order valence-corrected chi connectivity index (χ4v) is 2.19. The van der Waals surface area contributed by atoms with E-state index in [-0.39, 0.29) is 19.3 Å². The average molecular weight is 267 g/mol. The number of nitrogens with one attached hydrogen (secondary N) is 1. The number of aliphatic hydroxyl groups is 2. The number of hydrogen-bond acceptors (Lipinski definition) is 4. The van der Waals surface area contributed by atoms with E-state index < -0.39 is 5.54 Å². The van der Waals surface area contributed by atoms with Crippen LogP contribution in [-0.2, 0) is 0 Å². The monoisotopic (exact) mass is 267 g/mol. The molecule has 0 aromatic heterocycles. The minimum absolute atomic E-state index is 0.0374. The van der Waals surface area contributed by atoms with Gasteiger partial charge in [-0.2, -0.15) is 0 Å². The maximum absolute atomic E-state index is 9.54. The zero-order valence-corrected chi connectivity index (χ0v) is 12.0. The Morgan fingerprint density at radius 2 is 1.84 bits per heavy atom. The number of benzene rings is 1. The number of aliphatic hydroxyl groups excluding tert-OH is 2. The summed E-state index contributed by atoms with van der Waals surface area (Å²) >= 11 is 0. The molecule has 1 aromatic carbocycles. The molecule has 0 heterocycles. The van der Waals surface area contributed by atoms with Crippen molar-refractivity contribution in [3.8, 4) is 5.75 Å². The molecule has 0 aliphatic heterocycles. The van der Waals surface area contributed by atoms with Gasteiger partial charge in [0.1, 0.15) is 5.75 Å². The SMILES string of the molecule is CCC(NC(CC)(CO)CO)c1ccccc1OC. The summed E-state index contributed by atoms with van der Waals surface area (Å²) in [6.07, 6.45) is 1.51. The molecule has 0 spiro atoms. The van der Waals surface area contributed by atoms with Gasteiger partial charge in [0.25, 0.3) is 0 Å². The van der Waals surface area contributed by atoms with Gasteiger partial charge < -0.3 is 20.3 Å². The van der Waals surface area contributed by atoms with E-state index >= 15 is 0 Å². The van der Waals surface area contributed by atoms with Crippen LogP contribution in [-0.4, -0.2) is 36.1 Å². The van der Waals surface area contributed by atoms with Gasteiger partial charge in [0.15, 0.2) is 0 Å². The predicted octanol–water partition coefficient (Wildman–Crippen LogP) is 1.87. The van der Waals surface area contributed by atoms with Gasteiger partial charge in [0, 0.05) is 11.6 Å². The molecule has 0 saturated heterocycles. The van der Waals surface area contributed by atoms with Crippen LogP contribution in [0, 0.1) is 0 Å². The van der Waals surface area contributed by atoms with Gasteiger partial charge in [-0.1, -0.05) is 32.0 Å². The molecule has 0 aliphatic rings. The maximum Gasteiger partial charge on any atom is 0.123 e. The minimum atomic E-state index is -0.651. The molecule has 4 heteroatoms. The van der Waals surface area contributed by atoms with Crippen molar-refractivity contribution in [2.45, 2.75) is 38.3 Å². The van der Waals surface area contributed by atoms with E-state index in [1.807, 2.05) is 31.2 Å². The normalized spacial score (nSPS) is 13.3. The summed E-state index contributed by atoms with van der Waals surface area (Å²) in [6.45, 7) is 3.84. The van der Waals surface area contributed by atoms with Crippen molar-refractivity contribution in [3.63, 3.8) is 0 Å². The van der Waals surface area contributed by atoms with E-state index in [0.717, 1.165) is 17.7 Å². The van der Waals surface area contributed by atoms with Gasteiger partial charge in [-0.05, 0) is 18.9 Å². The summed E-state index contributed by atoms with van der Waals surface area (Å²) in [7, 11) is 1.65. The average Bonchev–Trinajstić information content (AvgIpc) is 2.49. The maximum atomic E-state index is 9.54. The third-order valence-corrected chi connectivity index (χ3v) is 3.69. The van der Waals surface area contributed by atoms with E-state index in [1.54, 1.807) is 7.11 Å². The van der Waals surface area contributed by atoms with Crippen LogP contribution >= 0.6 is 0 Å². The Morgan fingerprint density at radius 1 is 1.21 bits per heavy atom. The van der Waals surface area contributed by atoms with Crippen molar-refractivity contribution in [1.29, 1.82) is 0 Å². The van der Waals surface area contributed by atoms with E-state index in [9.17, 15) is 10.2 Å². The van der Waals surface area contributed by atoms with Gasteiger partial charge in [-0.25, -0.2) is 0 Å². The minimum Gasteiger partial charge on any atom is -0.496 e. The lowest BCUT2D eigenvalue weighted by atomic mass is 9.93. The van der Waals surface area contributed by atoms with Crippen LogP contribution in [0.25, 0.3) is 0 Å². The second kappa shape index (κ2) is 7.48. The van der Waals surface area contributed by atoms with Crippen LogP contribution < -0.4 is 10.1 Å². The van der Waals surface area contributed by atoms with Crippen molar-refractivity contribution in [1.82, 2.24) is 5.32 Å². The van der Waals surface area contributed by atoms with Crippen molar-refractivity contribution in [2.75, 3.05) is 20.3 Å². The predicted molar refractivity (Wildman–Crippen MR) is 76.4 cm³/mol. The third-order valence-electron chi connectivity index (χ3n) is 3.69. The molecular formula is C15H25NO3. The number of para-hydroxylation sites is 1. The van der Waals surface area contributed by atoms with Crippen LogP contribution in [0.5, 0.6) is 5.75 Å². The lowest BCUT2D eigenvalue weighted by Gasteiger charge is -2.35. The van der Waals surface area contributed by atoms with Gasteiger partial charge in [0.2, 0.25) is 0 Å².